The van der Waals surface area contributed by atoms with Crippen molar-refractivity contribution >= 4 is 17.4 Å². The van der Waals surface area contributed by atoms with Crippen LogP contribution >= 0.6 is 11.6 Å². The van der Waals surface area contributed by atoms with Gasteiger partial charge in [0.1, 0.15) is 5.15 Å². The van der Waals surface area contributed by atoms with Gasteiger partial charge < -0.3 is 18.9 Å². The molecule has 2 aliphatic rings. The van der Waals surface area contributed by atoms with Gasteiger partial charge in [-0.1, -0.05) is 11.6 Å². The predicted molar refractivity (Wildman–Crippen MR) is 84.8 cm³/mol. The molecule has 2 aliphatic heterocycles. The highest BCUT2D eigenvalue weighted by molar-refractivity contribution is 6.29. The minimum atomic E-state index is -0.272. The molecular weight excluding hydrogens is 306 g/mol. The second kappa shape index (κ2) is 6.18. The summed E-state index contributed by atoms with van der Waals surface area (Å²) in [5.41, 5.74) is -0.353. The van der Waals surface area contributed by atoms with Crippen molar-refractivity contribution in [2.45, 2.75) is 38.3 Å². The van der Waals surface area contributed by atoms with E-state index in [-0.39, 0.29) is 17.1 Å². The minimum Gasteiger partial charge on any atom is -0.381 e. The van der Waals surface area contributed by atoms with E-state index in [0.29, 0.717) is 43.9 Å². The van der Waals surface area contributed by atoms with Gasteiger partial charge in [-0.05, 0) is 26.7 Å². The third-order valence-corrected chi connectivity index (χ3v) is 4.83. The smallest absolute Gasteiger partial charge is 0.294 e. The van der Waals surface area contributed by atoms with Gasteiger partial charge in [0.05, 0.1) is 19.3 Å². The van der Waals surface area contributed by atoms with E-state index in [1.807, 2.05) is 11.8 Å². The summed E-state index contributed by atoms with van der Waals surface area (Å²) in [6.07, 6.45) is 3.25. The van der Waals surface area contributed by atoms with Gasteiger partial charge in [0.2, 0.25) is 0 Å². The van der Waals surface area contributed by atoms with Crippen molar-refractivity contribution < 1.29 is 9.47 Å². The number of anilines is 1. The molecule has 6 nitrogen and oxygen atoms in total. The van der Waals surface area contributed by atoms with Crippen LogP contribution in [-0.2, 0) is 15.0 Å². The zero-order valence-electron chi connectivity index (χ0n) is 13.0. The summed E-state index contributed by atoms with van der Waals surface area (Å²) in [7, 11) is 0. The SMILES string of the molecule is C[C@@H]1COCCN1c1nc(Cl)cn(C2(C)CCOCC2)c1=O. The fourth-order valence-electron chi connectivity index (χ4n) is 3.13. The lowest BCUT2D eigenvalue weighted by atomic mass is 9.92. The maximum Gasteiger partial charge on any atom is 0.294 e. The van der Waals surface area contributed by atoms with Crippen molar-refractivity contribution in [3.8, 4) is 0 Å². The first-order chi connectivity index (χ1) is 10.5. The van der Waals surface area contributed by atoms with Gasteiger partial charge in [0.15, 0.2) is 5.82 Å². The van der Waals surface area contributed by atoms with Crippen molar-refractivity contribution in [2.24, 2.45) is 0 Å². The van der Waals surface area contributed by atoms with Crippen LogP contribution in [0.1, 0.15) is 26.7 Å². The van der Waals surface area contributed by atoms with Gasteiger partial charge in [0.25, 0.3) is 5.56 Å². The fraction of sp³-hybridized carbons (Fsp3) is 0.733. The quantitative estimate of drug-likeness (QED) is 0.826. The third kappa shape index (κ3) is 2.87. The van der Waals surface area contributed by atoms with E-state index in [0.717, 1.165) is 12.8 Å². The average molecular weight is 328 g/mol. The number of hydrogen-bond donors (Lipinski definition) is 0. The molecule has 0 aliphatic carbocycles. The molecule has 0 saturated carbocycles. The summed E-state index contributed by atoms with van der Waals surface area (Å²) < 4.78 is 12.6. The highest BCUT2D eigenvalue weighted by atomic mass is 35.5. The molecule has 0 radical (unpaired) electrons. The van der Waals surface area contributed by atoms with Gasteiger partial charge in [0, 0.05) is 31.5 Å². The van der Waals surface area contributed by atoms with Crippen LogP contribution in [0.15, 0.2) is 11.0 Å². The first-order valence-electron chi connectivity index (χ1n) is 7.73. The lowest BCUT2D eigenvalue weighted by Gasteiger charge is -2.38. The van der Waals surface area contributed by atoms with Crippen LogP contribution in [0, 0.1) is 0 Å². The Balaban J connectivity index is 2.03. The van der Waals surface area contributed by atoms with E-state index in [1.54, 1.807) is 10.8 Å². The summed E-state index contributed by atoms with van der Waals surface area (Å²) in [5, 5.41) is 0.348. The van der Waals surface area contributed by atoms with Crippen molar-refractivity contribution in [1.29, 1.82) is 0 Å². The molecule has 1 atom stereocenters. The molecule has 1 aromatic rings. The topological polar surface area (TPSA) is 56.6 Å². The summed E-state index contributed by atoms with van der Waals surface area (Å²) in [4.78, 5) is 19.3. The van der Waals surface area contributed by atoms with E-state index in [1.165, 1.54) is 0 Å². The van der Waals surface area contributed by atoms with Gasteiger partial charge >= 0.3 is 0 Å². The van der Waals surface area contributed by atoms with Gasteiger partial charge in [-0.2, -0.15) is 0 Å². The Bertz CT molecular complexity index is 598. The van der Waals surface area contributed by atoms with Gasteiger partial charge in [-0.25, -0.2) is 4.98 Å². The molecule has 0 bridgehead atoms. The summed E-state index contributed by atoms with van der Waals surface area (Å²) in [6, 6.07) is 0.114. The van der Waals surface area contributed by atoms with Crippen LogP contribution in [0.25, 0.3) is 0 Å². The Hall–Kier alpha value is -1.11. The maximum atomic E-state index is 13.0. The van der Waals surface area contributed by atoms with Gasteiger partial charge in [-0.15, -0.1) is 0 Å². The van der Waals surface area contributed by atoms with E-state index < -0.39 is 0 Å². The molecule has 0 unspecified atom stereocenters. The summed E-state index contributed by atoms with van der Waals surface area (Å²) in [5.74, 6) is 0.427. The monoisotopic (exact) mass is 327 g/mol. The standard InChI is InChI=1S/C15H22ClN3O3/c1-11-10-22-8-5-18(11)13-14(20)19(9-12(16)17-13)15(2)3-6-21-7-4-15/h9,11H,3-8,10H2,1-2H3/t11-/m1/s1. The normalized spacial score (nSPS) is 25.2. The van der Waals surface area contributed by atoms with Crippen molar-refractivity contribution in [3.63, 3.8) is 0 Å². The van der Waals surface area contributed by atoms with E-state index in [2.05, 4.69) is 11.9 Å². The molecule has 0 N–H and O–H groups in total. The second-order valence-corrected chi connectivity index (χ2v) is 6.68. The first-order valence-corrected chi connectivity index (χ1v) is 8.11. The molecule has 0 spiro atoms. The lowest BCUT2D eigenvalue weighted by Crippen LogP contribution is -2.49. The largest absolute Gasteiger partial charge is 0.381 e. The lowest BCUT2D eigenvalue weighted by molar-refractivity contribution is 0.0278. The minimum absolute atomic E-state index is 0.0810. The highest BCUT2D eigenvalue weighted by Crippen LogP contribution is 2.28. The molecule has 0 aromatic carbocycles. The molecule has 7 heteroatoms. The molecular formula is C15H22ClN3O3. The molecule has 2 saturated heterocycles. The molecule has 1 aromatic heterocycles. The number of hydrogen-bond acceptors (Lipinski definition) is 5. The Morgan fingerprint density at radius 1 is 1.32 bits per heavy atom. The van der Waals surface area contributed by atoms with Crippen LogP contribution < -0.4 is 10.5 Å². The molecule has 122 valence electrons. The number of nitrogens with zero attached hydrogens (tertiary/aromatic N) is 3. The molecule has 3 rings (SSSR count). The van der Waals surface area contributed by atoms with E-state index >= 15 is 0 Å². The predicted octanol–water partition coefficient (Wildman–Crippen LogP) is 1.65. The van der Waals surface area contributed by atoms with E-state index in [9.17, 15) is 4.79 Å². The fourth-order valence-corrected chi connectivity index (χ4v) is 3.31. The van der Waals surface area contributed by atoms with Crippen molar-refractivity contribution in [3.05, 3.63) is 21.7 Å². The Morgan fingerprint density at radius 3 is 2.73 bits per heavy atom. The van der Waals surface area contributed by atoms with Crippen LogP contribution in [0.3, 0.4) is 0 Å². The van der Waals surface area contributed by atoms with Gasteiger partial charge in [-0.3, -0.25) is 4.79 Å². The van der Waals surface area contributed by atoms with Crippen molar-refractivity contribution in [2.75, 3.05) is 37.9 Å². The summed E-state index contributed by atoms with van der Waals surface area (Å²) >= 11 is 6.21. The number of ether oxygens (including phenoxy) is 2. The summed E-state index contributed by atoms with van der Waals surface area (Å²) in [6.45, 7) is 7.28. The number of rotatable bonds is 2. The number of aromatic nitrogens is 2. The van der Waals surface area contributed by atoms with Crippen LogP contribution in [0.5, 0.6) is 0 Å². The van der Waals surface area contributed by atoms with E-state index in [4.69, 9.17) is 21.1 Å². The second-order valence-electron chi connectivity index (χ2n) is 6.29. The Morgan fingerprint density at radius 2 is 2.05 bits per heavy atom. The van der Waals surface area contributed by atoms with Crippen LogP contribution in [0.4, 0.5) is 5.82 Å². The number of morpholine rings is 1. The highest BCUT2D eigenvalue weighted by Gasteiger charge is 2.33. The van der Waals surface area contributed by atoms with Crippen LogP contribution in [-0.4, -0.2) is 48.6 Å². The molecule has 3 heterocycles. The molecule has 22 heavy (non-hydrogen) atoms. The van der Waals surface area contributed by atoms with Crippen molar-refractivity contribution in [1.82, 2.24) is 9.55 Å². The van der Waals surface area contributed by atoms with Crippen LogP contribution in [0.2, 0.25) is 5.15 Å². The molecule has 0 amide bonds. The molecule has 2 fully saturated rings. The zero-order valence-corrected chi connectivity index (χ0v) is 13.8. The maximum absolute atomic E-state index is 13.0. The number of halogens is 1. The first kappa shape index (κ1) is 15.8. The average Bonchev–Trinajstić information content (AvgIpc) is 2.50. The zero-order chi connectivity index (χ0) is 15.7. The third-order valence-electron chi connectivity index (χ3n) is 4.65. The Kier molecular flexibility index (Phi) is 4.43. The Labute approximate surface area is 135 Å².